The van der Waals surface area contributed by atoms with Crippen molar-refractivity contribution in [2.24, 2.45) is 0 Å². The van der Waals surface area contributed by atoms with Gasteiger partial charge in [-0.05, 0) is 30.9 Å². The second-order valence-electron chi connectivity index (χ2n) is 6.65. The SMILES string of the molecule is C=CCn1c(SCC2CCCO2)nc2sc(-c3ccccc3)c(C)c2c1=O. The predicted octanol–water partition coefficient (Wildman–Crippen LogP) is 4.89. The zero-order valence-electron chi connectivity index (χ0n) is 15.3. The lowest BCUT2D eigenvalue weighted by atomic mass is 10.1. The number of benzene rings is 1. The average Bonchev–Trinajstić information content (AvgIpc) is 3.31. The third-order valence-electron chi connectivity index (χ3n) is 4.79. The minimum Gasteiger partial charge on any atom is -0.377 e. The van der Waals surface area contributed by atoms with E-state index in [1.807, 2.05) is 25.1 Å². The van der Waals surface area contributed by atoms with E-state index in [1.165, 1.54) is 0 Å². The Morgan fingerprint density at radius 3 is 2.93 bits per heavy atom. The number of ether oxygens (including phenoxy) is 1. The highest BCUT2D eigenvalue weighted by Gasteiger charge is 2.21. The van der Waals surface area contributed by atoms with Crippen molar-refractivity contribution in [1.29, 1.82) is 0 Å². The van der Waals surface area contributed by atoms with Gasteiger partial charge in [-0.25, -0.2) is 4.98 Å². The Kier molecular flexibility index (Phi) is 5.48. The standard InChI is InChI=1S/C21H22N2O2S2/c1-3-11-23-20(24)17-14(2)18(15-8-5-4-6-9-15)27-19(17)22-21(23)26-13-16-10-7-12-25-16/h3-6,8-9,16H,1,7,10-13H2,2H3. The number of allylic oxidation sites excluding steroid dienone is 1. The van der Waals surface area contributed by atoms with Crippen molar-refractivity contribution in [3.8, 4) is 10.4 Å². The predicted molar refractivity (Wildman–Crippen MR) is 114 cm³/mol. The van der Waals surface area contributed by atoms with E-state index >= 15 is 0 Å². The molecule has 0 N–H and O–H groups in total. The summed E-state index contributed by atoms with van der Waals surface area (Å²) in [6.07, 6.45) is 4.20. The van der Waals surface area contributed by atoms with Crippen molar-refractivity contribution >= 4 is 33.3 Å². The van der Waals surface area contributed by atoms with E-state index in [1.54, 1.807) is 33.7 Å². The molecule has 1 atom stereocenters. The Labute approximate surface area is 166 Å². The molecule has 0 amide bonds. The second kappa shape index (κ2) is 8.00. The van der Waals surface area contributed by atoms with Gasteiger partial charge in [0.15, 0.2) is 5.16 Å². The van der Waals surface area contributed by atoms with Gasteiger partial charge < -0.3 is 4.74 Å². The summed E-state index contributed by atoms with van der Waals surface area (Å²) in [5, 5.41) is 1.48. The fraction of sp³-hybridized carbons (Fsp3) is 0.333. The van der Waals surface area contributed by atoms with E-state index < -0.39 is 0 Å². The van der Waals surface area contributed by atoms with Crippen LogP contribution in [-0.2, 0) is 11.3 Å². The van der Waals surface area contributed by atoms with Crippen LogP contribution < -0.4 is 5.56 Å². The van der Waals surface area contributed by atoms with Gasteiger partial charge in [-0.2, -0.15) is 0 Å². The van der Waals surface area contributed by atoms with E-state index in [-0.39, 0.29) is 11.7 Å². The van der Waals surface area contributed by atoms with Crippen LogP contribution in [-0.4, -0.2) is 28.0 Å². The van der Waals surface area contributed by atoms with Gasteiger partial charge in [-0.3, -0.25) is 9.36 Å². The summed E-state index contributed by atoms with van der Waals surface area (Å²) in [6, 6.07) is 10.2. The Morgan fingerprint density at radius 1 is 1.41 bits per heavy atom. The van der Waals surface area contributed by atoms with Gasteiger partial charge in [0.1, 0.15) is 4.83 Å². The highest BCUT2D eigenvalue weighted by atomic mass is 32.2. The summed E-state index contributed by atoms with van der Waals surface area (Å²) in [5.41, 5.74) is 2.15. The molecule has 4 nitrogen and oxygen atoms in total. The largest absolute Gasteiger partial charge is 0.377 e. The van der Waals surface area contributed by atoms with Crippen LogP contribution in [0.1, 0.15) is 18.4 Å². The topological polar surface area (TPSA) is 44.1 Å². The van der Waals surface area contributed by atoms with E-state index in [4.69, 9.17) is 9.72 Å². The maximum Gasteiger partial charge on any atom is 0.263 e. The lowest BCUT2D eigenvalue weighted by molar-refractivity contribution is 0.129. The van der Waals surface area contributed by atoms with Crippen molar-refractivity contribution < 1.29 is 4.74 Å². The Bertz CT molecular complexity index is 1020. The van der Waals surface area contributed by atoms with Crippen LogP contribution in [0.3, 0.4) is 0 Å². The average molecular weight is 399 g/mol. The molecule has 3 aromatic rings. The maximum atomic E-state index is 13.2. The molecular formula is C21H22N2O2S2. The molecule has 0 aliphatic carbocycles. The molecule has 27 heavy (non-hydrogen) atoms. The number of thioether (sulfide) groups is 1. The molecule has 3 heterocycles. The van der Waals surface area contributed by atoms with Gasteiger partial charge in [0.25, 0.3) is 5.56 Å². The Morgan fingerprint density at radius 2 is 2.22 bits per heavy atom. The molecule has 1 fully saturated rings. The quantitative estimate of drug-likeness (QED) is 0.337. The summed E-state index contributed by atoms with van der Waals surface area (Å²) in [7, 11) is 0. The molecular weight excluding hydrogens is 376 g/mol. The van der Waals surface area contributed by atoms with Gasteiger partial charge in [0.05, 0.1) is 11.5 Å². The lowest BCUT2D eigenvalue weighted by Crippen LogP contribution is -2.23. The summed E-state index contributed by atoms with van der Waals surface area (Å²) in [5.74, 6) is 0.824. The number of thiophene rings is 1. The van der Waals surface area contributed by atoms with E-state index in [9.17, 15) is 4.79 Å². The molecule has 1 aliphatic rings. The summed E-state index contributed by atoms with van der Waals surface area (Å²) >= 11 is 3.21. The highest BCUT2D eigenvalue weighted by Crippen LogP contribution is 2.36. The van der Waals surface area contributed by atoms with Crippen LogP contribution in [0.5, 0.6) is 0 Å². The molecule has 0 spiro atoms. The van der Waals surface area contributed by atoms with Crippen LogP contribution in [0.25, 0.3) is 20.7 Å². The number of hydrogen-bond donors (Lipinski definition) is 0. The summed E-state index contributed by atoms with van der Waals surface area (Å²) in [4.78, 5) is 20.0. The van der Waals surface area contributed by atoms with Crippen LogP contribution in [0.15, 0.2) is 52.9 Å². The van der Waals surface area contributed by atoms with Gasteiger partial charge >= 0.3 is 0 Å². The lowest BCUT2D eigenvalue weighted by Gasteiger charge is -2.12. The van der Waals surface area contributed by atoms with Gasteiger partial charge in [-0.1, -0.05) is 48.2 Å². The monoisotopic (exact) mass is 398 g/mol. The van der Waals surface area contributed by atoms with Crippen LogP contribution in [0.4, 0.5) is 0 Å². The first-order chi connectivity index (χ1) is 13.2. The number of rotatable bonds is 6. The number of fused-ring (bicyclic) bond motifs is 1. The van der Waals surface area contributed by atoms with Crippen LogP contribution in [0.2, 0.25) is 0 Å². The molecule has 1 unspecified atom stereocenters. The molecule has 0 radical (unpaired) electrons. The third-order valence-corrected chi connectivity index (χ3v) is 7.13. The summed E-state index contributed by atoms with van der Waals surface area (Å²) in [6.45, 7) is 7.13. The first-order valence-electron chi connectivity index (χ1n) is 9.13. The third kappa shape index (κ3) is 3.61. The fourth-order valence-corrected chi connectivity index (χ4v) is 5.71. The Hall–Kier alpha value is -1.89. The molecule has 0 saturated carbocycles. The molecule has 0 bridgehead atoms. The normalized spacial score (nSPS) is 16.9. The van der Waals surface area contributed by atoms with Crippen LogP contribution >= 0.6 is 23.1 Å². The van der Waals surface area contributed by atoms with Crippen molar-refractivity contribution in [3.63, 3.8) is 0 Å². The molecule has 4 rings (SSSR count). The van der Waals surface area contributed by atoms with E-state index in [0.29, 0.717) is 6.54 Å². The molecule has 1 aliphatic heterocycles. The van der Waals surface area contributed by atoms with Crippen molar-refractivity contribution in [2.75, 3.05) is 12.4 Å². The van der Waals surface area contributed by atoms with Gasteiger partial charge in [-0.15, -0.1) is 17.9 Å². The molecule has 140 valence electrons. The molecule has 1 saturated heterocycles. The number of nitrogens with zero attached hydrogens (tertiary/aromatic N) is 2. The van der Waals surface area contributed by atoms with E-state index in [2.05, 4.69) is 18.7 Å². The second-order valence-corrected chi connectivity index (χ2v) is 8.63. The van der Waals surface area contributed by atoms with E-state index in [0.717, 1.165) is 56.6 Å². The first kappa shape index (κ1) is 18.5. The van der Waals surface area contributed by atoms with Crippen molar-refractivity contribution in [3.05, 3.63) is 58.9 Å². The first-order valence-corrected chi connectivity index (χ1v) is 10.9. The minimum atomic E-state index is 0.0191. The number of aromatic nitrogens is 2. The fourth-order valence-electron chi connectivity index (χ4n) is 3.41. The van der Waals surface area contributed by atoms with Gasteiger partial charge in [0, 0.05) is 23.8 Å². The van der Waals surface area contributed by atoms with Crippen LogP contribution in [0, 0.1) is 6.92 Å². The maximum absolute atomic E-state index is 13.2. The smallest absolute Gasteiger partial charge is 0.263 e. The molecule has 2 aromatic heterocycles. The minimum absolute atomic E-state index is 0.0191. The Balaban J connectivity index is 1.79. The summed E-state index contributed by atoms with van der Waals surface area (Å²) < 4.78 is 7.46. The number of hydrogen-bond acceptors (Lipinski definition) is 5. The van der Waals surface area contributed by atoms with Crippen molar-refractivity contribution in [2.45, 2.75) is 37.6 Å². The molecule has 1 aromatic carbocycles. The highest BCUT2D eigenvalue weighted by molar-refractivity contribution is 7.99. The van der Waals surface area contributed by atoms with Gasteiger partial charge in [0.2, 0.25) is 0 Å². The molecule has 6 heteroatoms. The van der Waals surface area contributed by atoms with Crippen molar-refractivity contribution in [1.82, 2.24) is 9.55 Å². The zero-order valence-corrected chi connectivity index (χ0v) is 16.9. The number of aryl methyl sites for hydroxylation is 1. The zero-order chi connectivity index (χ0) is 18.8.